The molecule has 22 heavy (non-hydrogen) atoms. The highest BCUT2D eigenvalue weighted by atomic mass is 28.4. The van der Waals surface area contributed by atoms with Gasteiger partial charge in [-0.2, -0.15) is 0 Å². The van der Waals surface area contributed by atoms with Crippen LogP contribution in [0.5, 0.6) is 0 Å². The molecule has 2 rings (SSSR count). The molecule has 1 aliphatic rings. The van der Waals surface area contributed by atoms with Crippen molar-refractivity contribution in [1.29, 1.82) is 0 Å². The highest BCUT2D eigenvalue weighted by Gasteiger charge is 2.47. The van der Waals surface area contributed by atoms with Gasteiger partial charge in [0.05, 0.1) is 6.10 Å². The van der Waals surface area contributed by atoms with Crippen LogP contribution >= 0.6 is 0 Å². The lowest BCUT2D eigenvalue weighted by Crippen LogP contribution is -2.46. The van der Waals surface area contributed by atoms with Crippen molar-refractivity contribution in [1.82, 2.24) is 0 Å². The Bertz CT molecular complexity index is 450. The van der Waals surface area contributed by atoms with Gasteiger partial charge in [0.25, 0.3) is 0 Å². The molecular formula is C19H32O2Si. The normalized spacial score (nSPS) is 19.1. The third-order valence-electron chi connectivity index (χ3n) is 5.76. The lowest BCUT2D eigenvalue weighted by Gasteiger charge is -2.43. The van der Waals surface area contributed by atoms with Crippen molar-refractivity contribution in [2.75, 3.05) is 6.61 Å². The number of aliphatic hydroxyl groups excluding tert-OH is 1. The fraction of sp³-hybridized carbons (Fsp3) is 0.684. The van der Waals surface area contributed by atoms with Gasteiger partial charge in [-0.05, 0) is 37.4 Å². The maximum absolute atomic E-state index is 10.9. The Hall–Kier alpha value is -0.643. The zero-order valence-electron chi connectivity index (χ0n) is 14.6. The van der Waals surface area contributed by atoms with E-state index in [0.29, 0.717) is 0 Å². The van der Waals surface area contributed by atoms with Crippen molar-refractivity contribution in [3.63, 3.8) is 0 Å². The first-order chi connectivity index (χ1) is 10.3. The zero-order valence-corrected chi connectivity index (χ0v) is 15.6. The molecule has 1 atom stereocenters. The lowest BCUT2D eigenvalue weighted by atomic mass is 9.90. The topological polar surface area (TPSA) is 29.5 Å². The summed E-state index contributed by atoms with van der Waals surface area (Å²) >= 11 is 0. The van der Waals surface area contributed by atoms with Gasteiger partial charge in [0.2, 0.25) is 0 Å². The van der Waals surface area contributed by atoms with Gasteiger partial charge < -0.3 is 9.53 Å². The summed E-state index contributed by atoms with van der Waals surface area (Å²) in [6, 6.07) is 10.00. The van der Waals surface area contributed by atoms with E-state index in [1.54, 1.807) is 0 Å². The number of rotatable bonds is 6. The molecule has 0 radical (unpaired) electrons. The fourth-order valence-corrected chi connectivity index (χ4v) is 5.10. The predicted octanol–water partition coefficient (Wildman–Crippen LogP) is 5.30. The van der Waals surface area contributed by atoms with Crippen molar-refractivity contribution in [2.24, 2.45) is 5.92 Å². The number of benzene rings is 1. The Morgan fingerprint density at radius 3 is 2.32 bits per heavy atom. The molecule has 1 fully saturated rings. The van der Waals surface area contributed by atoms with E-state index in [1.165, 1.54) is 32.1 Å². The molecule has 1 aliphatic carbocycles. The molecule has 1 saturated carbocycles. The van der Waals surface area contributed by atoms with E-state index in [1.807, 2.05) is 30.3 Å². The molecule has 124 valence electrons. The Morgan fingerprint density at radius 1 is 1.14 bits per heavy atom. The molecule has 0 bridgehead atoms. The molecule has 1 N–H and O–H groups in total. The first-order valence-corrected chi connectivity index (χ1v) is 11.6. The summed E-state index contributed by atoms with van der Waals surface area (Å²) in [5.74, 6) is 0.727. The van der Waals surface area contributed by atoms with E-state index in [0.717, 1.165) is 18.1 Å². The van der Waals surface area contributed by atoms with E-state index in [4.69, 9.17) is 4.43 Å². The van der Waals surface area contributed by atoms with Crippen LogP contribution in [0.4, 0.5) is 0 Å². The van der Waals surface area contributed by atoms with Gasteiger partial charge in [-0.25, -0.2) is 0 Å². The third-order valence-corrected chi connectivity index (χ3v) is 10.0. The van der Waals surface area contributed by atoms with Crippen LogP contribution in [-0.2, 0) is 4.43 Å². The van der Waals surface area contributed by atoms with Gasteiger partial charge in [0, 0.05) is 11.6 Å². The molecule has 1 aromatic rings. The Labute approximate surface area is 137 Å². The first-order valence-electron chi connectivity index (χ1n) is 8.71. The van der Waals surface area contributed by atoms with Gasteiger partial charge in [-0.15, -0.1) is 0 Å². The molecular weight excluding hydrogens is 288 g/mol. The van der Waals surface area contributed by atoms with E-state index in [9.17, 15) is 5.11 Å². The van der Waals surface area contributed by atoms with Crippen molar-refractivity contribution in [3.8, 4) is 0 Å². The van der Waals surface area contributed by atoms with Crippen LogP contribution in [0, 0.1) is 5.92 Å². The number of hydrogen-bond donors (Lipinski definition) is 1. The second-order valence-corrected chi connectivity index (χ2v) is 12.5. The second-order valence-electron chi connectivity index (χ2n) is 7.86. The predicted molar refractivity (Wildman–Crippen MR) is 95.5 cm³/mol. The fourth-order valence-electron chi connectivity index (χ4n) is 3.25. The Kier molecular flexibility index (Phi) is 5.86. The summed E-state index contributed by atoms with van der Waals surface area (Å²) in [5.41, 5.74) is 0.995. The average molecular weight is 321 g/mol. The number of hydrogen-bond acceptors (Lipinski definition) is 2. The SMILES string of the molecule is CC(C)(C(O)c1ccccc1)[Si](C)(C)OCC1CCCCC1. The van der Waals surface area contributed by atoms with Crippen molar-refractivity contribution in [3.05, 3.63) is 35.9 Å². The van der Waals surface area contributed by atoms with Gasteiger partial charge >= 0.3 is 0 Å². The van der Waals surface area contributed by atoms with Crippen LogP contribution in [-0.4, -0.2) is 20.0 Å². The Balaban J connectivity index is 2.01. The Morgan fingerprint density at radius 2 is 1.73 bits per heavy atom. The average Bonchev–Trinajstić information content (AvgIpc) is 2.54. The monoisotopic (exact) mass is 320 g/mol. The van der Waals surface area contributed by atoms with Crippen LogP contribution in [0.15, 0.2) is 30.3 Å². The van der Waals surface area contributed by atoms with Crippen molar-refractivity contribution < 1.29 is 9.53 Å². The maximum Gasteiger partial charge on any atom is 0.195 e. The van der Waals surface area contributed by atoms with Crippen LogP contribution in [0.2, 0.25) is 18.1 Å². The van der Waals surface area contributed by atoms with Gasteiger partial charge in [-0.3, -0.25) is 0 Å². The van der Waals surface area contributed by atoms with Gasteiger partial charge in [0.1, 0.15) is 0 Å². The van der Waals surface area contributed by atoms with Crippen molar-refractivity contribution >= 4 is 8.32 Å². The zero-order chi connectivity index (χ0) is 16.2. The summed E-state index contributed by atoms with van der Waals surface area (Å²) < 4.78 is 6.46. The largest absolute Gasteiger partial charge is 0.416 e. The van der Waals surface area contributed by atoms with E-state index in [-0.39, 0.29) is 5.04 Å². The number of aliphatic hydroxyl groups is 1. The van der Waals surface area contributed by atoms with E-state index >= 15 is 0 Å². The summed E-state index contributed by atoms with van der Waals surface area (Å²) in [4.78, 5) is 0. The van der Waals surface area contributed by atoms with Crippen LogP contribution in [0.25, 0.3) is 0 Å². The molecule has 1 unspecified atom stereocenters. The molecule has 2 nitrogen and oxygen atoms in total. The van der Waals surface area contributed by atoms with E-state index < -0.39 is 14.4 Å². The lowest BCUT2D eigenvalue weighted by molar-refractivity contribution is 0.109. The molecule has 0 aromatic heterocycles. The minimum atomic E-state index is -2.01. The molecule has 0 aliphatic heterocycles. The van der Waals surface area contributed by atoms with Crippen LogP contribution in [0.3, 0.4) is 0 Å². The molecule has 0 spiro atoms. The summed E-state index contributed by atoms with van der Waals surface area (Å²) in [5, 5.41) is 10.7. The molecule has 0 amide bonds. The summed E-state index contributed by atoms with van der Waals surface area (Å²) in [6.07, 6.45) is 6.24. The standard InChI is InChI=1S/C19H32O2Si/c1-19(2,18(20)17-13-9-6-10-14-17)22(3,4)21-15-16-11-7-5-8-12-16/h6,9-10,13-14,16,18,20H,5,7-8,11-12,15H2,1-4H3. The smallest absolute Gasteiger partial charge is 0.195 e. The minimum Gasteiger partial charge on any atom is -0.416 e. The van der Waals surface area contributed by atoms with E-state index in [2.05, 4.69) is 26.9 Å². The van der Waals surface area contributed by atoms with Crippen LogP contribution in [0.1, 0.15) is 57.6 Å². The third kappa shape index (κ3) is 4.00. The summed E-state index contributed by atoms with van der Waals surface area (Å²) in [6.45, 7) is 9.71. The maximum atomic E-state index is 10.9. The van der Waals surface area contributed by atoms with Gasteiger partial charge in [0.15, 0.2) is 8.32 Å². The molecule has 3 heteroatoms. The first kappa shape index (κ1) is 17.7. The highest BCUT2D eigenvalue weighted by Crippen LogP contribution is 2.48. The summed E-state index contributed by atoms with van der Waals surface area (Å²) in [7, 11) is -2.01. The van der Waals surface area contributed by atoms with Gasteiger partial charge in [-0.1, -0.05) is 63.4 Å². The minimum absolute atomic E-state index is 0.219. The highest BCUT2D eigenvalue weighted by molar-refractivity contribution is 6.74. The molecule has 1 aromatic carbocycles. The quantitative estimate of drug-likeness (QED) is 0.720. The molecule has 0 saturated heterocycles. The second kappa shape index (κ2) is 7.29. The van der Waals surface area contributed by atoms with Crippen LogP contribution < -0.4 is 0 Å². The molecule has 0 heterocycles. The van der Waals surface area contributed by atoms with Crippen molar-refractivity contribution in [2.45, 2.75) is 70.2 Å².